The van der Waals surface area contributed by atoms with Crippen molar-refractivity contribution >= 4 is 17.8 Å². The SMILES string of the molecule is COCCOCCNC(=O)CCCNC(=O)CCCCCCCCCOc1ccc(C(=O)O)cc1. The Morgan fingerprint density at radius 3 is 1.97 bits per heavy atom. The van der Waals surface area contributed by atoms with Gasteiger partial charge in [-0.15, -0.1) is 0 Å². The van der Waals surface area contributed by atoms with Crippen LogP contribution in [0.5, 0.6) is 5.75 Å². The lowest BCUT2D eigenvalue weighted by molar-refractivity contribution is -0.123. The van der Waals surface area contributed by atoms with E-state index in [1.165, 1.54) is 0 Å². The fourth-order valence-corrected chi connectivity index (χ4v) is 3.32. The number of unbranched alkanes of at least 4 members (excludes halogenated alkanes) is 6. The summed E-state index contributed by atoms with van der Waals surface area (Å²) in [5.41, 5.74) is 0.256. The van der Waals surface area contributed by atoms with Gasteiger partial charge in [0.15, 0.2) is 0 Å². The van der Waals surface area contributed by atoms with E-state index in [4.69, 9.17) is 19.3 Å². The van der Waals surface area contributed by atoms with E-state index in [0.29, 0.717) is 64.5 Å². The van der Waals surface area contributed by atoms with Crippen molar-refractivity contribution in [1.29, 1.82) is 0 Å². The Bertz CT molecular complexity index is 710. The van der Waals surface area contributed by atoms with Gasteiger partial charge in [-0.25, -0.2) is 4.79 Å². The van der Waals surface area contributed by atoms with Gasteiger partial charge in [0, 0.05) is 33.0 Å². The van der Waals surface area contributed by atoms with E-state index in [1.54, 1.807) is 31.4 Å². The Hall–Kier alpha value is -2.65. The average molecular weight is 495 g/mol. The molecule has 0 aliphatic carbocycles. The monoisotopic (exact) mass is 494 g/mol. The van der Waals surface area contributed by atoms with Gasteiger partial charge < -0.3 is 30.0 Å². The van der Waals surface area contributed by atoms with E-state index in [9.17, 15) is 14.4 Å². The molecule has 3 N–H and O–H groups in total. The zero-order valence-corrected chi connectivity index (χ0v) is 21.0. The highest BCUT2D eigenvalue weighted by atomic mass is 16.5. The van der Waals surface area contributed by atoms with Crippen LogP contribution in [0.1, 0.15) is 74.6 Å². The van der Waals surface area contributed by atoms with Crippen LogP contribution in [0, 0.1) is 0 Å². The maximum Gasteiger partial charge on any atom is 0.335 e. The first-order valence-electron chi connectivity index (χ1n) is 12.6. The van der Waals surface area contributed by atoms with Gasteiger partial charge in [-0.2, -0.15) is 0 Å². The molecule has 1 rings (SSSR count). The van der Waals surface area contributed by atoms with Crippen molar-refractivity contribution in [2.24, 2.45) is 0 Å². The van der Waals surface area contributed by atoms with E-state index in [1.807, 2.05) is 0 Å². The number of hydrogen-bond donors (Lipinski definition) is 3. The molecule has 0 heterocycles. The number of amides is 2. The van der Waals surface area contributed by atoms with Gasteiger partial charge in [-0.3, -0.25) is 9.59 Å². The summed E-state index contributed by atoms with van der Waals surface area (Å²) in [5.74, 6) is -0.233. The number of hydrogen-bond acceptors (Lipinski definition) is 6. The highest BCUT2D eigenvalue weighted by molar-refractivity contribution is 5.87. The summed E-state index contributed by atoms with van der Waals surface area (Å²) in [4.78, 5) is 34.4. The maximum absolute atomic E-state index is 11.9. The smallest absolute Gasteiger partial charge is 0.335 e. The predicted molar refractivity (Wildman–Crippen MR) is 134 cm³/mol. The molecule has 0 aliphatic rings. The van der Waals surface area contributed by atoms with Gasteiger partial charge in [0.1, 0.15) is 5.75 Å². The number of aromatic carboxylic acids is 1. The average Bonchev–Trinajstić information content (AvgIpc) is 2.85. The van der Waals surface area contributed by atoms with Crippen LogP contribution < -0.4 is 15.4 Å². The van der Waals surface area contributed by atoms with Crippen molar-refractivity contribution in [2.45, 2.75) is 64.2 Å². The summed E-state index contributed by atoms with van der Waals surface area (Å²) in [5, 5.41) is 14.5. The van der Waals surface area contributed by atoms with Crippen molar-refractivity contribution in [3.05, 3.63) is 29.8 Å². The normalized spacial score (nSPS) is 10.7. The van der Waals surface area contributed by atoms with Gasteiger partial charge >= 0.3 is 5.97 Å². The summed E-state index contributed by atoms with van der Waals surface area (Å²) < 4.78 is 15.8. The Morgan fingerprint density at radius 2 is 1.31 bits per heavy atom. The van der Waals surface area contributed by atoms with E-state index < -0.39 is 5.97 Å². The fraction of sp³-hybridized carbons (Fsp3) is 0.654. The van der Waals surface area contributed by atoms with E-state index >= 15 is 0 Å². The molecular formula is C26H42N2O7. The van der Waals surface area contributed by atoms with Crippen LogP contribution in [0.2, 0.25) is 0 Å². The molecule has 0 saturated carbocycles. The topological polar surface area (TPSA) is 123 Å². The van der Waals surface area contributed by atoms with Crippen LogP contribution in [0.4, 0.5) is 0 Å². The lowest BCUT2D eigenvalue weighted by atomic mass is 10.1. The van der Waals surface area contributed by atoms with Crippen LogP contribution >= 0.6 is 0 Å². The molecule has 198 valence electrons. The number of ether oxygens (including phenoxy) is 3. The van der Waals surface area contributed by atoms with Gasteiger partial charge in [0.2, 0.25) is 11.8 Å². The van der Waals surface area contributed by atoms with Crippen molar-refractivity contribution in [1.82, 2.24) is 10.6 Å². The number of carbonyl (C=O) groups is 3. The van der Waals surface area contributed by atoms with Gasteiger partial charge in [-0.1, -0.05) is 32.1 Å². The summed E-state index contributed by atoms with van der Waals surface area (Å²) in [6.07, 6.45) is 8.89. The number of rotatable bonds is 22. The third kappa shape index (κ3) is 17.4. The van der Waals surface area contributed by atoms with Crippen LogP contribution in [0.3, 0.4) is 0 Å². The Morgan fingerprint density at radius 1 is 0.714 bits per heavy atom. The van der Waals surface area contributed by atoms with Crippen LogP contribution in [-0.4, -0.2) is 69.5 Å². The minimum Gasteiger partial charge on any atom is -0.494 e. The van der Waals surface area contributed by atoms with Crippen molar-refractivity contribution in [2.75, 3.05) is 46.6 Å². The predicted octanol–water partition coefficient (Wildman–Crippen LogP) is 3.56. The molecule has 0 fully saturated rings. The van der Waals surface area contributed by atoms with Gasteiger partial charge in [-0.05, 0) is 43.5 Å². The summed E-state index contributed by atoms with van der Waals surface area (Å²) in [7, 11) is 1.61. The van der Waals surface area contributed by atoms with Crippen LogP contribution in [-0.2, 0) is 19.1 Å². The number of carboxylic acid groups (broad SMARTS) is 1. The second kappa shape index (κ2) is 20.7. The fourth-order valence-electron chi connectivity index (χ4n) is 3.32. The molecule has 1 aromatic carbocycles. The van der Waals surface area contributed by atoms with E-state index in [2.05, 4.69) is 10.6 Å². The Labute approximate surface area is 208 Å². The quantitative estimate of drug-likeness (QED) is 0.211. The second-order valence-corrected chi connectivity index (χ2v) is 8.31. The molecule has 0 bridgehead atoms. The second-order valence-electron chi connectivity index (χ2n) is 8.31. The zero-order chi connectivity index (χ0) is 25.6. The molecule has 0 spiro atoms. The van der Waals surface area contributed by atoms with Gasteiger partial charge in [0.25, 0.3) is 0 Å². The minimum absolute atomic E-state index is 0.0319. The third-order valence-electron chi connectivity index (χ3n) is 5.32. The van der Waals surface area contributed by atoms with Crippen molar-refractivity contribution in [3.63, 3.8) is 0 Å². The van der Waals surface area contributed by atoms with Gasteiger partial charge in [0.05, 0.1) is 32.0 Å². The first-order chi connectivity index (χ1) is 17.0. The Kier molecular flexibility index (Phi) is 18.0. The number of benzene rings is 1. The van der Waals surface area contributed by atoms with E-state index in [0.717, 1.165) is 44.9 Å². The first kappa shape index (κ1) is 30.4. The van der Waals surface area contributed by atoms with Crippen LogP contribution in [0.25, 0.3) is 0 Å². The molecule has 35 heavy (non-hydrogen) atoms. The molecular weight excluding hydrogens is 452 g/mol. The van der Waals surface area contributed by atoms with Crippen LogP contribution in [0.15, 0.2) is 24.3 Å². The molecule has 0 aromatic heterocycles. The lowest BCUT2D eigenvalue weighted by Gasteiger charge is -2.07. The molecule has 1 aromatic rings. The molecule has 0 saturated heterocycles. The number of nitrogens with one attached hydrogen (secondary N) is 2. The minimum atomic E-state index is -0.939. The number of methoxy groups -OCH3 is 1. The van der Waals surface area contributed by atoms with Crippen molar-refractivity contribution in [3.8, 4) is 5.75 Å². The number of carboxylic acids is 1. The highest BCUT2D eigenvalue weighted by Gasteiger charge is 2.04. The standard InChI is InChI=1S/C26H42N2O7/c1-33-20-21-34-19-17-28-25(30)11-9-16-27-24(29)10-7-5-3-2-4-6-8-18-35-23-14-12-22(13-15-23)26(31)32/h12-15H,2-11,16-21H2,1H3,(H,27,29)(H,28,30)(H,31,32). The lowest BCUT2D eigenvalue weighted by Crippen LogP contribution is -2.29. The highest BCUT2D eigenvalue weighted by Crippen LogP contribution is 2.14. The first-order valence-corrected chi connectivity index (χ1v) is 12.6. The molecule has 0 unspecified atom stereocenters. The maximum atomic E-state index is 11.9. The molecule has 9 heteroatoms. The molecule has 0 atom stereocenters. The van der Waals surface area contributed by atoms with Crippen molar-refractivity contribution < 1.29 is 33.7 Å². The van der Waals surface area contributed by atoms with E-state index in [-0.39, 0.29) is 17.4 Å². The Balaban J connectivity index is 1.85. The molecule has 0 radical (unpaired) electrons. The third-order valence-corrected chi connectivity index (χ3v) is 5.32. The summed E-state index contributed by atoms with van der Waals surface area (Å²) in [6, 6.07) is 6.45. The largest absolute Gasteiger partial charge is 0.494 e. The summed E-state index contributed by atoms with van der Waals surface area (Å²) >= 11 is 0. The number of carbonyl (C=O) groups excluding carboxylic acids is 2. The zero-order valence-electron chi connectivity index (χ0n) is 21.0. The summed E-state index contributed by atoms with van der Waals surface area (Å²) in [6.45, 7) is 3.14. The molecule has 0 aliphatic heterocycles. The molecule has 9 nitrogen and oxygen atoms in total. The molecule has 2 amide bonds.